The molecule has 0 aliphatic carbocycles. The Hall–Kier alpha value is -1.85. The first-order chi connectivity index (χ1) is 10.9. The summed E-state index contributed by atoms with van der Waals surface area (Å²) in [6.07, 6.45) is 3.23. The second-order valence-electron chi connectivity index (χ2n) is 5.23. The molecule has 1 amide bonds. The number of nitrogens with one attached hydrogen (secondary N) is 1. The number of benzene rings is 1. The molecule has 0 saturated heterocycles. The van der Waals surface area contributed by atoms with Crippen molar-refractivity contribution in [2.24, 2.45) is 0 Å². The standard InChI is InChI=1S/C16H17Cl2N3O2/c1-3-4-10(2)20-15(22)11-5-7-12(8-6-11)21-16(23)14(18)13(17)9-19-21/h5-10H,3-4H2,1-2H3,(H,20,22)/t10-/m0/s1. The van der Waals surface area contributed by atoms with E-state index in [1.54, 1.807) is 24.3 Å². The van der Waals surface area contributed by atoms with Crippen LogP contribution in [0.3, 0.4) is 0 Å². The summed E-state index contributed by atoms with van der Waals surface area (Å²) in [6.45, 7) is 4.04. The van der Waals surface area contributed by atoms with Crippen LogP contribution in [0.5, 0.6) is 0 Å². The maximum absolute atomic E-state index is 12.1. The van der Waals surface area contributed by atoms with Gasteiger partial charge in [-0.15, -0.1) is 0 Å². The number of halogens is 2. The molecule has 1 atom stereocenters. The Balaban J connectivity index is 2.22. The van der Waals surface area contributed by atoms with Crippen molar-refractivity contribution in [2.75, 3.05) is 0 Å². The van der Waals surface area contributed by atoms with Crippen molar-refractivity contribution in [3.05, 3.63) is 56.4 Å². The molecule has 7 heteroatoms. The summed E-state index contributed by atoms with van der Waals surface area (Å²) >= 11 is 11.6. The number of nitrogens with zero attached hydrogens (tertiary/aromatic N) is 2. The molecular weight excluding hydrogens is 337 g/mol. The Morgan fingerprint density at radius 2 is 1.96 bits per heavy atom. The van der Waals surface area contributed by atoms with Gasteiger partial charge in [-0.05, 0) is 37.6 Å². The van der Waals surface area contributed by atoms with E-state index >= 15 is 0 Å². The Morgan fingerprint density at radius 3 is 2.57 bits per heavy atom. The summed E-state index contributed by atoms with van der Waals surface area (Å²) in [5.41, 5.74) is 0.518. The van der Waals surface area contributed by atoms with E-state index in [4.69, 9.17) is 23.2 Å². The highest BCUT2D eigenvalue weighted by atomic mass is 35.5. The van der Waals surface area contributed by atoms with Crippen molar-refractivity contribution in [3.63, 3.8) is 0 Å². The van der Waals surface area contributed by atoms with Crippen LogP contribution in [-0.2, 0) is 0 Å². The molecule has 0 aliphatic heterocycles. The molecule has 1 aromatic carbocycles. The molecule has 0 spiro atoms. The van der Waals surface area contributed by atoms with Crippen molar-refractivity contribution in [2.45, 2.75) is 32.7 Å². The quantitative estimate of drug-likeness (QED) is 0.894. The van der Waals surface area contributed by atoms with Crippen LogP contribution in [-0.4, -0.2) is 21.7 Å². The Kier molecular flexibility index (Phi) is 5.80. The summed E-state index contributed by atoms with van der Waals surface area (Å²) in [7, 11) is 0. The van der Waals surface area contributed by atoms with Crippen LogP contribution < -0.4 is 10.9 Å². The third-order valence-electron chi connectivity index (χ3n) is 3.35. The van der Waals surface area contributed by atoms with Crippen LogP contribution >= 0.6 is 23.2 Å². The smallest absolute Gasteiger partial charge is 0.291 e. The van der Waals surface area contributed by atoms with Gasteiger partial charge in [0.2, 0.25) is 0 Å². The van der Waals surface area contributed by atoms with E-state index in [-0.39, 0.29) is 22.0 Å². The van der Waals surface area contributed by atoms with Crippen LogP contribution in [0, 0.1) is 0 Å². The number of hydrogen-bond acceptors (Lipinski definition) is 3. The van der Waals surface area contributed by atoms with Crippen molar-refractivity contribution >= 4 is 29.1 Å². The van der Waals surface area contributed by atoms with Gasteiger partial charge in [0, 0.05) is 11.6 Å². The molecule has 1 heterocycles. The second-order valence-corrected chi connectivity index (χ2v) is 6.02. The molecular formula is C16H17Cl2N3O2. The number of rotatable bonds is 5. The predicted molar refractivity (Wildman–Crippen MR) is 91.7 cm³/mol. The Bertz CT molecular complexity index is 757. The first kappa shape index (κ1) is 17.5. The minimum Gasteiger partial charge on any atom is -0.350 e. The van der Waals surface area contributed by atoms with Gasteiger partial charge in [0.1, 0.15) is 5.02 Å². The zero-order valence-corrected chi connectivity index (χ0v) is 14.4. The summed E-state index contributed by atoms with van der Waals surface area (Å²) < 4.78 is 1.13. The minimum atomic E-state index is -0.507. The summed E-state index contributed by atoms with van der Waals surface area (Å²) in [5.74, 6) is -0.146. The molecule has 1 aromatic heterocycles. The predicted octanol–water partition coefficient (Wildman–Crippen LogP) is 3.46. The molecule has 0 unspecified atom stereocenters. The van der Waals surface area contributed by atoms with Crippen molar-refractivity contribution in [1.29, 1.82) is 0 Å². The van der Waals surface area contributed by atoms with Crippen LogP contribution in [0.2, 0.25) is 10.0 Å². The molecule has 1 N–H and O–H groups in total. The molecule has 2 aromatic rings. The van der Waals surface area contributed by atoms with Gasteiger partial charge in [-0.2, -0.15) is 9.78 Å². The largest absolute Gasteiger partial charge is 0.350 e. The van der Waals surface area contributed by atoms with E-state index in [0.717, 1.165) is 17.5 Å². The van der Waals surface area contributed by atoms with Crippen molar-refractivity contribution in [3.8, 4) is 5.69 Å². The van der Waals surface area contributed by atoms with Crippen LogP contribution in [0.4, 0.5) is 0 Å². The van der Waals surface area contributed by atoms with Gasteiger partial charge >= 0.3 is 0 Å². The molecule has 0 saturated carbocycles. The van der Waals surface area contributed by atoms with Gasteiger partial charge in [-0.3, -0.25) is 9.59 Å². The van der Waals surface area contributed by atoms with E-state index in [2.05, 4.69) is 17.3 Å². The zero-order chi connectivity index (χ0) is 17.0. The lowest BCUT2D eigenvalue weighted by atomic mass is 10.1. The van der Waals surface area contributed by atoms with Gasteiger partial charge in [-0.25, -0.2) is 0 Å². The SMILES string of the molecule is CCC[C@H](C)NC(=O)c1ccc(-n2ncc(Cl)c(Cl)c2=O)cc1. The maximum Gasteiger partial charge on any atom is 0.291 e. The highest BCUT2D eigenvalue weighted by Gasteiger charge is 2.11. The van der Waals surface area contributed by atoms with Crippen LogP contribution in [0.25, 0.3) is 5.69 Å². The van der Waals surface area contributed by atoms with Crippen LogP contribution in [0.1, 0.15) is 37.0 Å². The van der Waals surface area contributed by atoms with Crippen molar-refractivity contribution in [1.82, 2.24) is 15.1 Å². The molecule has 0 fully saturated rings. The van der Waals surface area contributed by atoms with Gasteiger partial charge in [0.25, 0.3) is 11.5 Å². The number of hydrogen-bond donors (Lipinski definition) is 1. The molecule has 0 radical (unpaired) electrons. The molecule has 122 valence electrons. The number of amides is 1. The van der Waals surface area contributed by atoms with Gasteiger partial charge < -0.3 is 5.32 Å². The lowest BCUT2D eigenvalue weighted by Gasteiger charge is -2.13. The fraction of sp³-hybridized carbons (Fsp3) is 0.312. The third kappa shape index (κ3) is 4.12. The summed E-state index contributed by atoms with van der Waals surface area (Å²) in [6, 6.07) is 6.67. The molecule has 0 aliphatic rings. The lowest BCUT2D eigenvalue weighted by Crippen LogP contribution is -2.32. The lowest BCUT2D eigenvalue weighted by molar-refractivity contribution is 0.0938. The number of carbonyl (C=O) groups excluding carboxylic acids is 1. The number of carbonyl (C=O) groups is 1. The molecule has 5 nitrogen and oxygen atoms in total. The van der Waals surface area contributed by atoms with Gasteiger partial charge in [0.15, 0.2) is 0 Å². The van der Waals surface area contributed by atoms with Crippen LogP contribution in [0.15, 0.2) is 35.3 Å². The van der Waals surface area contributed by atoms with E-state index in [0.29, 0.717) is 11.3 Å². The maximum atomic E-state index is 12.1. The van der Waals surface area contributed by atoms with E-state index in [1.807, 2.05) is 6.92 Å². The van der Waals surface area contributed by atoms with Gasteiger partial charge in [0.05, 0.1) is 16.9 Å². The monoisotopic (exact) mass is 353 g/mol. The van der Waals surface area contributed by atoms with E-state index < -0.39 is 5.56 Å². The average Bonchev–Trinajstić information content (AvgIpc) is 2.53. The zero-order valence-electron chi connectivity index (χ0n) is 12.8. The average molecular weight is 354 g/mol. The molecule has 0 bridgehead atoms. The normalized spacial score (nSPS) is 12.0. The Labute approximate surface area is 144 Å². The summed E-state index contributed by atoms with van der Waals surface area (Å²) in [4.78, 5) is 24.1. The number of aromatic nitrogens is 2. The highest BCUT2D eigenvalue weighted by molar-refractivity contribution is 6.41. The second kappa shape index (κ2) is 7.62. The van der Waals surface area contributed by atoms with E-state index in [9.17, 15) is 9.59 Å². The molecule has 2 rings (SSSR count). The first-order valence-corrected chi connectivity index (χ1v) is 8.04. The Morgan fingerprint density at radius 1 is 1.30 bits per heavy atom. The van der Waals surface area contributed by atoms with Crippen molar-refractivity contribution < 1.29 is 4.79 Å². The summed E-state index contributed by atoms with van der Waals surface area (Å²) in [5, 5.41) is 6.89. The first-order valence-electron chi connectivity index (χ1n) is 7.28. The minimum absolute atomic E-state index is 0.0862. The topological polar surface area (TPSA) is 64.0 Å². The fourth-order valence-electron chi connectivity index (χ4n) is 2.16. The van der Waals surface area contributed by atoms with Gasteiger partial charge in [-0.1, -0.05) is 36.5 Å². The fourth-order valence-corrected chi connectivity index (χ4v) is 2.42. The van der Waals surface area contributed by atoms with E-state index in [1.165, 1.54) is 6.20 Å². The third-order valence-corrected chi connectivity index (χ3v) is 4.10. The molecule has 23 heavy (non-hydrogen) atoms. The highest BCUT2D eigenvalue weighted by Crippen LogP contribution is 2.16.